The Morgan fingerprint density at radius 2 is 1.74 bits per heavy atom. The van der Waals surface area contributed by atoms with Crippen LogP contribution in [-0.2, 0) is 25.8 Å². The topological polar surface area (TPSA) is 114 Å². The van der Waals surface area contributed by atoms with Crippen LogP contribution in [0.5, 0.6) is 0 Å². The molecule has 0 aliphatic rings. The number of imidazole rings is 1. The molecule has 0 atom stereocenters. The number of carbonyl (C=O) groups excluding carboxylic acids is 2. The largest absolute Gasteiger partial charge is 0.327 e. The summed E-state index contributed by atoms with van der Waals surface area (Å²) in [5.41, 5.74) is 5.48. The van der Waals surface area contributed by atoms with Gasteiger partial charge in [0.25, 0.3) is 5.91 Å². The molecule has 4 aromatic heterocycles. The van der Waals surface area contributed by atoms with Crippen LogP contribution < -0.4 is 5.32 Å². The number of rotatable bonds is 10. The van der Waals surface area contributed by atoms with Crippen molar-refractivity contribution in [2.75, 3.05) is 5.32 Å². The van der Waals surface area contributed by atoms with Gasteiger partial charge in [-0.1, -0.05) is 24.3 Å². The van der Waals surface area contributed by atoms with Crippen molar-refractivity contribution >= 4 is 39.7 Å². The summed E-state index contributed by atoms with van der Waals surface area (Å²) in [4.78, 5) is 41.4. The van der Waals surface area contributed by atoms with Crippen molar-refractivity contribution in [3.63, 3.8) is 0 Å². The fourth-order valence-electron chi connectivity index (χ4n) is 4.93. The maximum absolute atomic E-state index is 13.5. The van der Waals surface area contributed by atoms with E-state index in [0.717, 1.165) is 33.5 Å². The summed E-state index contributed by atoms with van der Waals surface area (Å²) >= 11 is 1.45. The Bertz CT molecular complexity index is 1960. The summed E-state index contributed by atoms with van der Waals surface area (Å²) in [7, 11) is 0. The number of Topliss-reactive ketones (excluding diaryl/α,β-unsaturated/α-hetero) is 1. The minimum absolute atomic E-state index is 0.0103. The van der Waals surface area contributed by atoms with E-state index < -0.39 is 0 Å². The summed E-state index contributed by atoms with van der Waals surface area (Å²) in [6, 6.07) is 26.3. The van der Waals surface area contributed by atoms with Crippen molar-refractivity contribution in [2.45, 2.75) is 25.8 Å². The number of anilines is 1. The summed E-state index contributed by atoms with van der Waals surface area (Å²) < 4.78 is 2.08. The van der Waals surface area contributed by atoms with Crippen LogP contribution in [0.2, 0.25) is 0 Å². The van der Waals surface area contributed by atoms with Gasteiger partial charge in [-0.25, -0.2) is 4.98 Å². The molecule has 6 aromatic rings. The molecule has 0 aliphatic heterocycles. The van der Waals surface area contributed by atoms with Crippen molar-refractivity contribution in [3.05, 3.63) is 131 Å². The first-order valence-electron chi connectivity index (χ1n) is 13.8. The van der Waals surface area contributed by atoms with Crippen molar-refractivity contribution in [1.82, 2.24) is 19.5 Å². The number of nitrogens with zero attached hydrogens (tertiary/aromatic N) is 5. The van der Waals surface area contributed by atoms with E-state index in [9.17, 15) is 9.59 Å². The third-order valence-corrected chi connectivity index (χ3v) is 8.23. The highest BCUT2D eigenvalue weighted by molar-refractivity contribution is 7.17. The Kier molecular flexibility index (Phi) is 8.11. The number of carbonyl (C=O) groups is 2. The Labute approximate surface area is 252 Å². The Hall–Kier alpha value is -5.46. The number of ketones is 1. The van der Waals surface area contributed by atoms with Crippen LogP contribution in [-0.4, -0.2) is 31.2 Å². The molecule has 9 heteroatoms. The highest BCUT2D eigenvalue weighted by atomic mass is 32.1. The van der Waals surface area contributed by atoms with Gasteiger partial charge in [-0.2, -0.15) is 5.26 Å². The molecule has 0 saturated heterocycles. The van der Waals surface area contributed by atoms with E-state index in [2.05, 4.69) is 25.9 Å². The van der Waals surface area contributed by atoms with Crippen LogP contribution in [0.1, 0.15) is 37.0 Å². The van der Waals surface area contributed by atoms with Gasteiger partial charge in [0.1, 0.15) is 5.82 Å². The van der Waals surface area contributed by atoms with E-state index in [1.54, 1.807) is 36.8 Å². The molecule has 0 spiro atoms. The van der Waals surface area contributed by atoms with Crippen LogP contribution in [0.15, 0.2) is 104 Å². The second-order valence-corrected chi connectivity index (χ2v) is 11.1. The van der Waals surface area contributed by atoms with E-state index in [0.29, 0.717) is 34.0 Å². The molecule has 8 nitrogen and oxygen atoms in total. The highest BCUT2D eigenvalue weighted by Crippen LogP contribution is 2.29. The monoisotopic (exact) mass is 582 g/mol. The summed E-state index contributed by atoms with van der Waals surface area (Å²) in [6.45, 7) is 0.619. The second kappa shape index (κ2) is 12.6. The van der Waals surface area contributed by atoms with Gasteiger partial charge in [0.2, 0.25) is 0 Å². The molecule has 0 unspecified atom stereocenters. The summed E-state index contributed by atoms with van der Waals surface area (Å²) in [6.07, 6.45) is 8.21. The lowest BCUT2D eigenvalue weighted by Gasteiger charge is -2.10. The lowest BCUT2D eigenvalue weighted by molar-refractivity contribution is 0.0991. The summed E-state index contributed by atoms with van der Waals surface area (Å²) in [5, 5.41) is 11.9. The van der Waals surface area contributed by atoms with Crippen molar-refractivity contribution in [3.8, 4) is 16.5 Å². The van der Waals surface area contributed by atoms with Gasteiger partial charge in [-0.05, 0) is 72.1 Å². The number of aryl methyl sites for hydroxylation is 2. The minimum atomic E-state index is -0.271. The van der Waals surface area contributed by atoms with Crippen LogP contribution in [0.4, 0.5) is 5.69 Å². The number of amides is 1. The van der Waals surface area contributed by atoms with E-state index in [1.807, 2.05) is 66.9 Å². The quantitative estimate of drug-likeness (QED) is 0.184. The molecule has 0 radical (unpaired) electrons. The zero-order valence-corrected chi connectivity index (χ0v) is 23.9. The SMILES string of the molecule is N#CCc1cccc(C(=O)Nc2ccc3c(c2)nc(CC(=O)c2ccc(-c4cccnc4)s2)n3CCc2cccnc2)c1. The average molecular weight is 583 g/mol. The average Bonchev–Trinajstić information content (AvgIpc) is 3.66. The van der Waals surface area contributed by atoms with Crippen LogP contribution in [0, 0.1) is 11.3 Å². The minimum Gasteiger partial charge on any atom is -0.327 e. The molecule has 1 amide bonds. The lowest BCUT2D eigenvalue weighted by atomic mass is 10.1. The number of hydrogen-bond acceptors (Lipinski definition) is 7. The molecule has 43 heavy (non-hydrogen) atoms. The molecule has 4 heterocycles. The molecule has 0 aliphatic carbocycles. The van der Waals surface area contributed by atoms with Gasteiger partial charge in [0.05, 0.1) is 34.8 Å². The standard InChI is InChI=1S/C34H26N6O2S/c35-14-12-23-4-1-6-25(18-23)34(42)38-27-8-9-29-28(19-27)39-33(40(29)17-13-24-5-2-15-36-21-24)20-30(41)32-11-10-31(43-32)26-7-3-16-37-22-26/h1-11,15-16,18-19,21-22H,12-13,17,20H2,(H,38,42). The maximum Gasteiger partial charge on any atom is 0.255 e. The molecule has 6 rings (SSSR count). The highest BCUT2D eigenvalue weighted by Gasteiger charge is 2.18. The molecule has 0 fully saturated rings. The number of benzene rings is 2. The van der Waals surface area contributed by atoms with Crippen LogP contribution >= 0.6 is 11.3 Å². The molecular weight excluding hydrogens is 556 g/mol. The third-order valence-electron chi connectivity index (χ3n) is 7.05. The number of nitriles is 1. The fourth-order valence-corrected chi connectivity index (χ4v) is 5.86. The number of thiophene rings is 1. The van der Waals surface area contributed by atoms with E-state index in [1.165, 1.54) is 11.3 Å². The van der Waals surface area contributed by atoms with Crippen LogP contribution in [0.25, 0.3) is 21.5 Å². The predicted molar refractivity (Wildman–Crippen MR) is 167 cm³/mol. The molecule has 2 aromatic carbocycles. The molecule has 0 saturated carbocycles. The maximum atomic E-state index is 13.5. The number of aromatic nitrogens is 4. The van der Waals surface area contributed by atoms with E-state index in [4.69, 9.17) is 10.2 Å². The van der Waals surface area contributed by atoms with Gasteiger partial charge in [0, 0.05) is 53.0 Å². The van der Waals surface area contributed by atoms with E-state index >= 15 is 0 Å². The number of pyridine rings is 2. The van der Waals surface area contributed by atoms with Crippen LogP contribution in [0.3, 0.4) is 0 Å². The Balaban J connectivity index is 1.27. The molecule has 210 valence electrons. The zero-order chi connectivity index (χ0) is 29.6. The predicted octanol–water partition coefficient (Wildman–Crippen LogP) is 6.54. The number of fused-ring (bicyclic) bond motifs is 1. The van der Waals surface area contributed by atoms with Gasteiger partial charge in [-0.15, -0.1) is 11.3 Å². The Morgan fingerprint density at radius 3 is 2.53 bits per heavy atom. The Morgan fingerprint density at radius 1 is 0.907 bits per heavy atom. The van der Waals surface area contributed by atoms with Crippen molar-refractivity contribution < 1.29 is 9.59 Å². The normalized spacial score (nSPS) is 10.9. The lowest BCUT2D eigenvalue weighted by Crippen LogP contribution is -2.12. The molecular formula is C34H26N6O2S. The van der Waals surface area contributed by atoms with Gasteiger partial charge >= 0.3 is 0 Å². The van der Waals surface area contributed by atoms with Crippen molar-refractivity contribution in [2.24, 2.45) is 0 Å². The fraction of sp³-hybridized carbons (Fsp3) is 0.118. The first-order valence-corrected chi connectivity index (χ1v) is 14.6. The first-order chi connectivity index (χ1) is 21.1. The van der Waals surface area contributed by atoms with Gasteiger partial charge in [0.15, 0.2) is 5.78 Å². The summed E-state index contributed by atoms with van der Waals surface area (Å²) in [5.74, 6) is 0.379. The van der Waals surface area contributed by atoms with Crippen molar-refractivity contribution in [1.29, 1.82) is 5.26 Å². The molecule has 1 N–H and O–H groups in total. The number of nitrogens with one attached hydrogen (secondary N) is 1. The smallest absolute Gasteiger partial charge is 0.255 e. The molecule has 0 bridgehead atoms. The van der Waals surface area contributed by atoms with E-state index in [-0.39, 0.29) is 24.5 Å². The third kappa shape index (κ3) is 6.40. The number of hydrogen-bond donors (Lipinski definition) is 1. The zero-order valence-electron chi connectivity index (χ0n) is 23.1. The first kappa shape index (κ1) is 27.7. The van der Waals surface area contributed by atoms with Gasteiger partial charge in [-0.3, -0.25) is 19.6 Å². The second-order valence-electron chi connectivity index (χ2n) is 9.99. The van der Waals surface area contributed by atoms with Gasteiger partial charge < -0.3 is 9.88 Å².